The number of nitrogens with zero attached hydrogens (tertiary/aromatic N) is 1. The van der Waals surface area contributed by atoms with Crippen molar-refractivity contribution in [3.05, 3.63) is 54.1 Å². The standard InChI is InChI=1S/C25H33N3O7S.ClH/c1-24(2,3)35-23(30)28-15-13-25(14-16-28,22(29)27-31)26-17-18-5-9-20(10-6-18)36(32,33)21-11-7-19(34-4)8-12-21;/h5-12,26,31H,13-17H2,1-4H3,(H,27,29);1H. The highest BCUT2D eigenvalue weighted by Crippen LogP contribution is 2.26. The van der Waals surface area contributed by atoms with E-state index in [0.29, 0.717) is 5.75 Å². The molecule has 2 aromatic rings. The first-order chi connectivity index (χ1) is 16.9. The SMILES string of the molecule is COc1ccc(S(=O)(=O)c2ccc(CNC3(C(=O)NO)CCN(C(=O)OC(C)(C)C)CC3)cc2)cc1.Cl. The van der Waals surface area contributed by atoms with E-state index < -0.39 is 33.0 Å². The molecule has 1 aliphatic rings. The van der Waals surface area contributed by atoms with Crippen LogP contribution in [-0.4, -0.2) is 61.9 Å². The van der Waals surface area contributed by atoms with Crippen LogP contribution in [0.2, 0.25) is 0 Å². The largest absolute Gasteiger partial charge is 0.497 e. The van der Waals surface area contributed by atoms with Gasteiger partial charge in [-0.05, 0) is 75.6 Å². The molecule has 204 valence electrons. The number of piperidine rings is 1. The molecule has 37 heavy (non-hydrogen) atoms. The van der Waals surface area contributed by atoms with Crippen molar-refractivity contribution >= 4 is 34.2 Å². The van der Waals surface area contributed by atoms with Crippen molar-refractivity contribution in [2.45, 2.75) is 61.1 Å². The van der Waals surface area contributed by atoms with Crippen LogP contribution in [0.3, 0.4) is 0 Å². The number of methoxy groups -OCH3 is 1. The molecule has 0 bridgehead atoms. The van der Waals surface area contributed by atoms with Gasteiger partial charge in [0.1, 0.15) is 16.9 Å². The second-order valence-corrected chi connectivity index (χ2v) is 11.6. The van der Waals surface area contributed by atoms with Crippen LogP contribution in [-0.2, 0) is 25.9 Å². The van der Waals surface area contributed by atoms with E-state index in [4.69, 9.17) is 9.47 Å². The molecule has 0 saturated carbocycles. The molecule has 0 radical (unpaired) electrons. The predicted molar refractivity (Wildman–Crippen MR) is 139 cm³/mol. The number of amides is 2. The second kappa shape index (κ2) is 12.1. The van der Waals surface area contributed by atoms with Crippen LogP contribution < -0.4 is 15.5 Å². The van der Waals surface area contributed by atoms with Crippen LogP contribution in [0, 0.1) is 0 Å². The van der Waals surface area contributed by atoms with Crippen molar-refractivity contribution < 1.29 is 32.7 Å². The third-order valence-corrected chi connectivity index (χ3v) is 7.82. The number of hydroxylamine groups is 1. The molecule has 0 spiro atoms. The minimum Gasteiger partial charge on any atom is -0.497 e. The van der Waals surface area contributed by atoms with E-state index in [1.807, 2.05) is 0 Å². The highest BCUT2D eigenvalue weighted by atomic mass is 35.5. The summed E-state index contributed by atoms with van der Waals surface area (Å²) in [5.74, 6) is -0.0295. The topological polar surface area (TPSA) is 134 Å². The molecule has 3 rings (SSSR count). The summed E-state index contributed by atoms with van der Waals surface area (Å²) in [6, 6.07) is 12.5. The number of nitrogens with one attached hydrogen (secondary N) is 2. The number of halogens is 1. The number of benzene rings is 2. The van der Waals surface area contributed by atoms with E-state index in [0.717, 1.165) is 5.56 Å². The van der Waals surface area contributed by atoms with Crippen molar-refractivity contribution in [3.63, 3.8) is 0 Å². The molecule has 0 unspecified atom stereocenters. The lowest BCUT2D eigenvalue weighted by Crippen LogP contribution is -2.62. The van der Waals surface area contributed by atoms with E-state index in [1.165, 1.54) is 36.3 Å². The van der Waals surface area contributed by atoms with Gasteiger partial charge in [-0.3, -0.25) is 15.3 Å². The summed E-state index contributed by atoms with van der Waals surface area (Å²) in [5, 5.41) is 12.5. The number of carbonyl (C=O) groups is 2. The minimum atomic E-state index is -3.70. The average molecular weight is 556 g/mol. The van der Waals surface area contributed by atoms with Gasteiger partial charge in [0.05, 0.1) is 16.9 Å². The molecule has 1 heterocycles. The smallest absolute Gasteiger partial charge is 0.410 e. The number of ether oxygens (including phenoxy) is 2. The second-order valence-electron chi connectivity index (χ2n) is 9.67. The van der Waals surface area contributed by atoms with Crippen LogP contribution in [0.15, 0.2) is 58.3 Å². The third-order valence-electron chi connectivity index (χ3n) is 6.04. The molecular weight excluding hydrogens is 522 g/mol. The maximum atomic E-state index is 12.9. The Morgan fingerprint density at radius 2 is 1.51 bits per heavy atom. The van der Waals surface area contributed by atoms with Crippen LogP contribution in [0.4, 0.5) is 4.79 Å². The summed E-state index contributed by atoms with van der Waals surface area (Å²) in [5.41, 5.74) is 0.756. The summed E-state index contributed by atoms with van der Waals surface area (Å²) in [4.78, 5) is 26.8. The Kier molecular flexibility index (Phi) is 9.95. The number of likely N-dealkylation sites (tertiary alicyclic amines) is 1. The van der Waals surface area contributed by atoms with Gasteiger partial charge in [-0.1, -0.05) is 12.1 Å². The van der Waals surface area contributed by atoms with E-state index in [9.17, 15) is 23.2 Å². The lowest BCUT2D eigenvalue weighted by molar-refractivity contribution is -0.138. The molecule has 0 atom stereocenters. The van der Waals surface area contributed by atoms with Gasteiger partial charge in [-0.25, -0.2) is 18.7 Å². The van der Waals surface area contributed by atoms with Crippen molar-refractivity contribution in [2.75, 3.05) is 20.2 Å². The van der Waals surface area contributed by atoms with Crippen LogP contribution >= 0.6 is 12.4 Å². The first-order valence-corrected chi connectivity index (χ1v) is 13.0. The van der Waals surface area contributed by atoms with Crippen molar-refractivity contribution in [1.29, 1.82) is 0 Å². The zero-order valence-corrected chi connectivity index (χ0v) is 22.9. The Labute approximate surface area is 223 Å². The first kappa shape index (κ1) is 30.4. The number of hydrogen-bond donors (Lipinski definition) is 3. The third kappa shape index (κ3) is 7.35. The van der Waals surface area contributed by atoms with Crippen molar-refractivity contribution in [2.24, 2.45) is 0 Å². The predicted octanol–water partition coefficient (Wildman–Crippen LogP) is 3.31. The molecule has 3 N–H and O–H groups in total. The van der Waals surface area contributed by atoms with Gasteiger partial charge in [0, 0.05) is 19.6 Å². The van der Waals surface area contributed by atoms with Crippen molar-refractivity contribution in [1.82, 2.24) is 15.7 Å². The van der Waals surface area contributed by atoms with E-state index in [1.54, 1.807) is 50.5 Å². The molecular formula is C25H34ClN3O7S. The van der Waals surface area contributed by atoms with Gasteiger partial charge in [0.15, 0.2) is 0 Å². The lowest BCUT2D eigenvalue weighted by atomic mass is 9.86. The quantitative estimate of drug-likeness (QED) is 0.350. The molecule has 0 aromatic heterocycles. The number of rotatable bonds is 7. The molecule has 2 amide bonds. The lowest BCUT2D eigenvalue weighted by Gasteiger charge is -2.41. The molecule has 10 nitrogen and oxygen atoms in total. The molecule has 1 fully saturated rings. The van der Waals surface area contributed by atoms with Gasteiger partial charge in [0.2, 0.25) is 9.84 Å². The molecule has 12 heteroatoms. The zero-order valence-electron chi connectivity index (χ0n) is 21.3. The number of hydrogen-bond acceptors (Lipinski definition) is 8. The normalized spacial score (nSPS) is 15.3. The monoisotopic (exact) mass is 555 g/mol. The van der Waals surface area contributed by atoms with E-state index in [-0.39, 0.29) is 54.7 Å². The van der Waals surface area contributed by atoms with Crippen molar-refractivity contribution in [3.8, 4) is 5.75 Å². The van der Waals surface area contributed by atoms with Crippen LogP contribution in [0.5, 0.6) is 5.75 Å². The maximum Gasteiger partial charge on any atom is 0.410 e. The van der Waals surface area contributed by atoms with Crippen LogP contribution in [0.25, 0.3) is 0 Å². The van der Waals surface area contributed by atoms with Gasteiger partial charge in [-0.15, -0.1) is 12.4 Å². The summed E-state index contributed by atoms with van der Waals surface area (Å²) >= 11 is 0. The Balaban J connectivity index is 0.00000481. The first-order valence-electron chi connectivity index (χ1n) is 11.6. The maximum absolute atomic E-state index is 12.9. The molecule has 1 aliphatic heterocycles. The Bertz CT molecular complexity index is 1170. The van der Waals surface area contributed by atoms with E-state index >= 15 is 0 Å². The average Bonchev–Trinajstić information content (AvgIpc) is 2.86. The zero-order chi connectivity index (χ0) is 26.6. The van der Waals surface area contributed by atoms with Gasteiger partial charge in [-0.2, -0.15) is 0 Å². The summed E-state index contributed by atoms with van der Waals surface area (Å²) in [6.45, 7) is 6.15. The minimum absolute atomic E-state index is 0. The Morgan fingerprint density at radius 1 is 1.00 bits per heavy atom. The fourth-order valence-corrected chi connectivity index (χ4v) is 5.20. The van der Waals surface area contributed by atoms with E-state index in [2.05, 4.69) is 5.32 Å². The summed E-state index contributed by atoms with van der Waals surface area (Å²) in [7, 11) is -2.19. The fourth-order valence-electron chi connectivity index (χ4n) is 3.94. The van der Waals surface area contributed by atoms with Gasteiger partial charge < -0.3 is 14.4 Å². The number of sulfone groups is 1. The van der Waals surface area contributed by atoms with Gasteiger partial charge >= 0.3 is 6.09 Å². The highest BCUT2D eigenvalue weighted by Gasteiger charge is 2.42. The number of carbonyl (C=O) groups excluding carboxylic acids is 2. The fraction of sp³-hybridized carbons (Fsp3) is 0.440. The molecule has 1 saturated heterocycles. The Morgan fingerprint density at radius 3 is 1.97 bits per heavy atom. The molecule has 2 aromatic carbocycles. The van der Waals surface area contributed by atoms with Crippen LogP contribution in [0.1, 0.15) is 39.2 Å². The molecule has 0 aliphatic carbocycles. The highest BCUT2D eigenvalue weighted by molar-refractivity contribution is 7.91. The summed E-state index contributed by atoms with van der Waals surface area (Å²) < 4.78 is 36.3. The van der Waals surface area contributed by atoms with Gasteiger partial charge in [0.25, 0.3) is 5.91 Å². The summed E-state index contributed by atoms with van der Waals surface area (Å²) in [6.07, 6.45) is 0.0830. The Hall–Kier alpha value is -2.86.